The third kappa shape index (κ3) is 4.71. The summed E-state index contributed by atoms with van der Waals surface area (Å²) in [5, 5.41) is 15.5. The van der Waals surface area contributed by atoms with Crippen LogP contribution < -0.4 is 5.32 Å². The number of halogens is 1. The molecular weight excluding hydrogens is 362 g/mol. The Labute approximate surface area is 155 Å². The quantitative estimate of drug-likeness (QED) is 0.775. The summed E-state index contributed by atoms with van der Waals surface area (Å²) in [6.45, 7) is 5.14. The Kier molecular flexibility index (Phi) is 5.93. The van der Waals surface area contributed by atoms with Crippen molar-refractivity contribution in [1.29, 1.82) is 0 Å². The number of amides is 1. The summed E-state index contributed by atoms with van der Waals surface area (Å²) in [7, 11) is 0. The van der Waals surface area contributed by atoms with E-state index in [-0.39, 0.29) is 17.3 Å². The van der Waals surface area contributed by atoms with Gasteiger partial charge in [0.15, 0.2) is 0 Å². The van der Waals surface area contributed by atoms with Crippen LogP contribution in [0.25, 0.3) is 0 Å². The molecule has 3 rings (SSSR count). The number of carbonyl (C=O) groups is 1. The second-order valence-electron chi connectivity index (χ2n) is 5.99. The zero-order valence-electron chi connectivity index (χ0n) is 14.1. The normalized spacial score (nSPS) is 18.3. The Morgan fingerprint density at radius 3 is 3.16 bits per heavy atom. The maximum Gasteiger partial charge on any atom is 0.237 e. The molecule has 1 aromatic carbocycles. The number of thioether (sulfide) groups is 1. The summed E-state index contributed by atoms with van der Waals surface area (Å²) < 4.78 is 7.32. The lowest BCUT2D eigenvalue weighted by atomic mass is 10.2. The van der Waals surface area contributed by atoms with Gasteiger partial charge in [0.25, 0.3) is 0 Å². The number of hydrogen-bond donors (Lipinski definition) is 1. The van der Waals surface area contributed by atoms with Crippen LogP contribution in [0.5, 0.6) is 0 Å². The largest absolute Gasteiger partial charge is 0.376 e. The van der Waals surface area contributed by atoms with E-state index in [4.69, 9.17) is 16.3 Å². The van der Waals surface area contributed by atoms with Gasteiger partial charge in [0.05, 0.1) is 17.9 Å². The van der Waals surface area contributed by atoms with E-state index in [0.29, 0.717) is 22.4 Å². The molecule has 0 radical (unpaired) electrons. The highest BCUT2D eigenvalue weighted by Crippen LogP contribution is 2.25. The smallest absolute Gasteiger partial charge is 0.237 e. The standard InChI is InChI=1S/C16H20ClN5O2S/c1-10-5-6-12(17)8-14(10)18-15(23)11(2)25-16-19-20-21-22(16)9-13-4-3-7-24-13/h5-6,8,11,13H,3-4,7,9H2,1-2H3,(H,18,23). The molecule has 9 heteroatoms. The molecule has 0 saturated carbocycles. The van der Waals surface area contributed by atoms with Crippen molar-refractivity contribution in [3.05, 3.63) is 28.8 Å². The lowest BCUT2D eigenvalue weighted by Gasteiger charge is -2.14. The molecule has 1 aliphatic rings. The minimum atomic E-state index is -0.354. The van der Waals surface area contributed by atoms with Gasteiger partial charge < -0.3 is 10.1 Å². The Balaban J connectivity index is 1.61. The van der Waals surface area contributed by atoms with Crippen molar-refractivity contribution in [2.24, 2.45) is 0 Å². The van der Waals surface area contributed by atoms with Gasteiger partial charge in [-0.15, -0.1) is 5.10 Å². The molecular formula is C16H20ClN5O2S. The number of hydrogen-bond acceptors (Lipinski definition) is 6. The lowest BCUT2D eigenvalue weighted by Crippen LogP contribution is -2.24. The van der Waals surface area contributed by atoms with Crippen LogP contribution in [-0.2, 0) is 16.1 Å². The first-order chi connectivity index (χ1) is 12.0. The van der Waals surface area contributed by atoms with Crippen LogP contribution in [0, 0.1) is 6.92 Å². The van der Waals surface area contributed by atoms with E-state index in [1.807, 2.05) is 19.9 Å². The zero-order chi connectivity index (χ0) is 17.8. The van der Waals surface area contributed by atoms with Crippen molar-refractivity contribution in [3.63, 3.8) is 0 Å². The third-order valence-corrected chi connectivity index (χ3v) is 5.31. The molecule has 2 aromatic rings. The van der Waals surface area contributed by atoms with Gasteiger partial charge in [-0.05, 0) is 54.8 Å². The number of benzene rings is 1. The number of nitrogens with one attached hydrogen (secondary N) is 1. The summed E-state index contributed by atoms with van der Waals surface area (Å²) in [4.78, 5) is 12.5. The molecule has 1 N–H and O–H groups in total. The number of carbonyl (C=O) groups excluding carboxylic acids is 1. The Bertz CT molecular complexity index is 748. The molecule has 134 valence electrons. The SMILES string of the molecule is Cc1ccc(Cl)cc1NC(=O)C(C)Sc1nnnn1CC1CCCO1. The fraction of sp³-hybridized carbons (Fsp3) is 0.500. The van der Waals surface area contributed by atoms with Crippen LogP contribution in [0.3, 0.4) is 0 Å². The number of aromatic nitrogens is 4. The van der Waals surface area contributed by atoms with Gasteiger partial charge in [-0.2, -0.15) is 0 Å². The molecule has 1 aliphatic heterocycles. The number of nitrogens with zero attached hydrogens (tertiary/aromatic N) is 4. The Morgan fingerprint density at radius 1 is 1.56 bits per heavy atom. The first kappa shape index (κ1) is 18.2. The average molecular weight is 382 g/mol. The van der Waals surface area contributed by atoms with Gasteiger partial charge in [-0.3, -0.25) is 4.79 Å². The van der Waals surface area contributed by atoms with E-state index < -0.39 is 0 Å². The highest BCUT2D eigenvalue weighted by molar-refractivity contribution is 8.00. The van der Waals surface area contributed by atoms with Crippen molar-refractivity contribution < 1.29 is 9.53 Å². The van der Waals surface area contributed by atoms with Crippen molar-refractivity contribution in [1.82, 2.24) is 20.2 Å². The first-order valence-corrected chi connectivity index (χ1v) is 9.40. The topological polar surface area (TPSA) is 81.9 Å². The van der Waals surface area contributed by atoms with E-state index in [9.17, 15) is 4.79 Å². The monoisotopic (exact) mass is 381 g/mol. The van der Waals surface area contributed by atoms with Crippen LogP contribution in [0.4, 0.5) is 5.69 Å². The average Bonchev–Trinajstić information content (AvgIpc) is 3.24. The molecule has 1 saturated heterocycles. The molecule has 1 aromatic heterocycles. The summed E-state index contributed by atoms with van der Waals surface area (Å²) in [6, 6.07) is 5.41. The summed E-state index contributed by atoms with van der Waals surface area (Å²) in [6.07, 6.45) is 2.21. The molecule has 0 spiro atoms. The van der Waals surface area contributed by atoms with Gasteiger partial charge in [0, 0.05) is 17.3 Å². The number of ether oxygens (including phenoxy) is 1. The molecule has 1 amide bonds. The van der Waals surface area contributed by atoms with E-state index in [1.165, 1.54) is 11.8 Å². The maximum atomic E-state index is 12.5. The number of aryl methyl sites for hydroxylation is 1. The molecule has 0 aliphatic carbocycles. The van der Waals surface area contributed by atoms with Crippen molar-refractivity contribution in [2.75, 3.05) is 11.9 Å². The lowest BCUT2D eigenvalue weighted by molar-refractivity contribution is -0.115. The van der Waals surface area contributed by atoms with E-state index in [0.717, 1.165) is 25.0 Å². The Morgan fingerprint density at radius 2 is 2.40 bits per heavy atom. The predicted molar refractivity (Wildman–Crippen MR) is 96.9 cm³/mol. The number of tetrazole rings is 1. The minimum absolute atomic E-state index is 0.123. The van der Waals surface area contributed by atoms with Gasteiger partial charge in [-0.1, -0.05) is 29.4 Å². The van der Waals surface area contributed by atoms with Crippen LogP contribution in [0.1, 0.15) is 25.3 Å². The fourth-order valence-corrected chi connectivity index (χ4v) is 3.52. The van der Waals surface area contributed by atoms with Crippen LogP contribution >= 0.6 is 23.4 Å². The van der Waals surface area contributed by atoms with E-state index in [2.05, 4.69) is 20.8 Å². The fourth-order valence-electron chi connectivity index (χ4n) is 2.55. The van der Waals surface area contributed by atoms with Crippen LogP contribution in [0.15, 0.2) is 23.4 Å². The number of anilines is 1. The van der Waals surface area contributed by atoms with E-state index in [1.54, 1.807) is 16.8 Å². The molecule has 2 atom stereocenters. The molecule has 1 fully saturated rings. The Hall–Kier alpha value is -1.64. The minimum Gasteiger partial charge on any atom is -0.376 e. The second kappa shape index (κ2) is 8.16. The van der Waals surface area contributed by atoms with Crippen molar-refractivity contribution in [2.45, 2.75) is 49.7 Å². The zero-order valence-corrected chi connectivity index (χ0v) is 15.7. The van der Waals surface area contributed by atoms with Gasteiger partial charge in [0.2, 0.25) is 11.1 Å². The first-order valence-electron chi connectivity index (χ1n) is 8.14. The van der Waals surface area contributed by atoms with Gasteiger partial charge in [0.1, 0.15) is 0 Å². The van der Waals surface area contributed by atoms with Gasteiger partial charge >= 0.3 is 0 Å². The van der Waals surface area contributed by atoms with Crippen molar-refractivity contribution in [3.8, 4) is 0 Å². The summed E-state index contributed by atoms with van der Waals surface area (Å²) in [5.74, 6) is -0.123. The van der Waals surface area contributed by atoms with E-state index >= 15 is 0 Å². The molecule has 2 heterocycles. The van der Waals surface area contributed by atoms with Crippen LogP contribution in [0.2, 0.25) is 5.02 Å². The van der Waals surface area contributed by atoms with Crippen molar-refractivity contribution >= 4 is 35.0 Å². The molecule has 0 bridgehead atoms. The summed E-state index contributed by atoms with van der Waals surface area (Å²) in [5.41, 5.74) is 1.67. The highest BCUT2D eigenvalue weighted by Gasteiger charge is 2.22. The summed E-state index contributed by atoms with van der Waals surface area (Å²) >= 11 is 7.32. The molecule has 25 heavy (non-hydrogen) atoms. The predicted octanol–water partition coefficient (Wildman–Crippen LogP) is 2.93. The third-order valence-electron chi connectivity index (χ3n) is 4.01. The van der Waals surface area contributed by atoms with Gasteiger partial charge in [-0.25, -0.2) is 4.68 Å². The number of rotatable bonds is 6. The highest BCUT2D eigenvalue weighted by atomic mass is 35.5. The second-order valence-corrected chi connectivity index (χ2v) is 7.73. The molecule has 2 unspecified atom stereocenters. The van der Waals surface area contributed by atoms with Crippen LogP contribution in [-0.4, -0.2) is 44.1 Å². The maximum absolute atomic E-state index is 12.5. The molecule has 7 nitrogen and oxygen atoms in total.